The Morgan fingerprint density at radius 2 is 2.25 bits per heavy atom. The lowest BCUT2D eigenvalue weighted by Crippen LogP contribution is -2.01. The van der Waals surface area contributed by atoms with Gasteiger partial charge in [0.1, 0.15) is 6.10 Å². The van der Waals surface area contributed by atoms with E-state index in [9.17, 15) is 5.11 Å². The Kier molecular flexibility index (Phi) is 4.19. The van der Waals surface area contributed by atoms with Gasteiger partial charge >= 0.3 is 0 Å². The van der Waals surface area contributed by atoms with Crippen molar-refractivity contribution in [1.29, 1.82) is 0 Å². The van der Waals surface area contributed by atoms with Crippen LogP contribution in [0.1, 0.15) is 55.6 Å². The number of aliphatic hydroxyl groups excluding tert-OH is 1. The highest BCUT2D eigenvalue weighted by Gasteiger charge is 2.18. The maximum absolute atomic E-state index is 10.4. The highest BCUT2D eigenvalue weighted by Crippen LogP contribution is 2.34. The molecule has 0 saturated carbocycles. The van der Waals surface area contributed by atoms with Gasteiger partial charge in [-0.3, -0.25) is 0 Å². The van der Waals surface area contributed by atoms with Gasteiger partial charge in [-0.05, 0) is 54.7 Å². The Balaban J connectivity index is 2.17. The Morgan fingerprint density at radius 1 is 1.38 bits per heavy atom. The minimum Gasteiger partial charge on any atom is -0.383 e. The fourth-order valence-electron chi connectivity index (χ4n) is 2.34. The fraction of sp³-hybridized carbons (Fsp3) is 0.571. The van der Waals surface area contributed by atoms with Crippen molar-refractivity contribution < 1.29 is 5.11 Å². The number of aryl methyl sites for hydroxylation is 1. The molecule has 2 rings (SSSR count). The minimum absolute atomic E-state index is 0.340. The van der Waals surface area contributed by atoms with Crippen LogP contribution in [0, 0.1) is 0 Å². The zero-order valence-corrected chi connectivity index (χ0v) is 10.7. The summed E-state index contributed by atoms with van der Waals surface area (Å²) in [5.74, 6) is 0. The van der Waals surface area contributed by atoms with Crippen LogP contribution in [0.5, 0.6) is 0 Å². The minimum atomic E-state index is -0.340. The Bertz CT molecular complexity index is 365. The van der Waals surface area contributed by atoms with Crippen molar-refractivity contribution in [3.63, 3.8) is 0 Å². The Hall–Kier alpha value is -0.600. The number of hydrogen-bond donors (Lipinski definition) is 1. The summed E-state index contributed by atoms with van der Waals surface area (Å²) in [5, 5.41) is 12.5. The molecule has 0 aromatic carbocycles. The Labute approximate surface area is 102 Å². The average molecular weight is 236 g/mol. The number of hydrogen-bond acceptors (Lipinski definition) is 2. The first-order chi connectivity index (χ1) is 7.83. The van der Waals surface area contributed by atoms with Gasteiger partial charge in [-0.25, -0.2) is 0 Å². The molecule has 0 aliphatic heterocycles. The van der Waals surface area contributed by atoms with E-state index in [2.05, 4.69) is 24.4 Å². The normalized spacial score (nSPS) is 19.0. The molecule has 0 amide bonds. The van der Waals surface area contributed by atoms with Gasteiger partial charge in [0.25, 0.3) is 0 Å². The molecular formula is C14H20OS. The summed E-state index contributed by atoms with van der Waals surface area (Å²) in [6.07, 6.45) is 8.96. The monoisotopic (exact) mass is 236 g/mol. The zero-order valence-electron chi connectivity index (χ0n) is 9.91. The molecule has 16 heavy (non-hydrogen) atoms. The third kappa shape index (κ3) is 2.55. The summed E-state index contributed by atoms with van der Waals surface area (Å²) in [4.78, 5) is 1.16. The summed E-state index contributed by atoms with van der Waals surface area (Å²) >= 11 is 1.69. The van der Waals surface area contributed by atoms with Crippen molar-refractivity contribution in [2.75, 3.05) is 0 Å². The topological polar surface area (TPSA) is 20.2 Å². The second kappa shape index (κ2) is 5.65. The van der Waals surface area contributed by atoms with E-state index < -0.39 is 0 Å². The summed E-state index contributed by atoms with van der Waals surface area (Å²) in [6, 6.07) is 2.14. The van der Waals surface area contributed by atoms with Crippen molar-refractivity contribution in [3.05, 3.63) is 33.5 Å². The smallest absolute Gasteiger partial charge is 0.109 e. The van der Waals surface area contributed by atoms with Crippen LogP contribution in [-0.2, 0) is 6.42 Å². The van der Waals surface area contributed by atoms with Gasteiger partial charge in [0.15, 0.2) is 0 Å². The summed E-state index contributed by atoms with van der Waals surface area (Å²) in [7, 11) is 0. The van der Waals surface area contributed by atoms with Crippen molar-refractivity contribution >= 4 is 11.3 Å². The molecule has 0 fully saturated rings. The molecule has 2 heteroatoms. The summed E-state index contributed by atoms with van der Waals surface area (Å²) in [5.41, 5.74) is 2.55. The standard InChI is InChI=1S/C14H20OS/c1-2-11-9-10-16-14(11)13(15)12-7-5-3-4-6-8-12/h7,9-10,13,15H,2-6,8H2,1H3. The van der Waals surface area contributed by atoms with Crippen LogP contribution in [0.4, 0.5) is 0 Å². The van der Waals surface area contributed by atoms with Crippen LogP contribution in [0.15, 0.2) is 23.1 Å². The first-order valence-corrected chi connectivity index (χ1v) is 7.14. The first kappa shape index (κ1) is 11.9. The molecule has 1 N–H and O–H groups in total. The van der Waals surface area contributed by atoms with E-state index in [-0.39, 0.29) is 6.10 Å². The van der Waals surface area contributed by atoms with Crippen LogP contribution < -0.4 is 0 Å². The van der Waals surface area contributed by atoms with E-state index in [1.54, 1.807) is 11.3 Å². The van der Waals surface area contributed by atoms with Crippen LogP contribution in [-0.4, -0.2) is 5.11 Å². The average Bonchev–Trinajstić information content (AvgIpc) is 2.61. The van der Waals surface area contributed by atoms with Gasteiger partial charge < -0.3 is 5.11 Å². The van der Waals surface area contributed by atoms with Gasteiger partial charge in [0.2, 0.25) is 0 Å². The molecule has 1 unspecified atom stereocenters. The maximum atomic E-state index is 10.4. The molecule has 0 bridgehead atoms. The molecule has 0 spiro atoms. The van der Waals surface area contributed by atoms with Crippen molar-refractivity contribution in [1.82, 2.24) is 0 Å². The van der Waals surface area contributed by atoms with Crippen LogP contribution in [0.25, 0.3) is 0 Å². The van der Waals surface area contributed by atoms with Crippen LogP contribution >= 0.6 is 11.3 Å². The lowest BCUT2D eigenvalue weighted by Gasteiger charge is -2.14. The molecule has 1 aromatic heterocycles. The second-order valence-corrected chi connectivity index (χ2v) is 5.39. The Morgan fingerprint density at radius 3 is 3.06 bits per heavy atom. The first-order valence-electron chi connectivity index (χ1n) is 6.26. The van der Waals surface area contributed by atoms with E-state index >= 15 is 0 Å². The SMILES string of the molecule is CCc1ccsc1C(O)C1=CCCCCC1. The molecular weight excluding hydrogens is 216 g/mol. The molecule has 88 valence electrons. The van der Waals surface area contributed by atoms with Gasteiger partial charge in [0.05, 0.1) is 0 Å². The lowest BCUT2D eigenvalue weighted by molar-refractivity contribution is 0.213. The third-order valence-electron chi connectivity index (χ3n) is 3.34. The molecule has 1 nitrogen and oxygen atoms in total. The van der Waals surface area contributed by atoms with Crippen molar-refractivity contribution in [3.8, 4) is 0 Å². The van der Waals surface area contributed by atoms with Crippen LogP contribution in [0.2, 0.25) is 0 Å². The fourth-order valence-corrected chi connectivity index (χ4v) is 3.36. The number of thiophene rings is 1. The highest BCUT2D eigenvalue weighted by molar-refractivity contribution is 7.10. The summed E-state index contributed by atoms with van der Waals surface area (Å²) in [6.45, 7) is 2.15. The lowest BCUT2D eigenvalue weighted by atomic mass is 10.0. The van der Waals surface area contributed by atoms with E-state index in [0.29, 0.717) is 0 Å². The predicted molar refractivity (Wildman–Crippen MR) is 69.8 cm³/mol. The molecule has 1 atom stereocenters. The second-order valence-electron chi connectivity index (χ2n) is 4.44. The predicted octanol–water partition coefficient (Wildman–Crippen LogP) is 4.23. The van der Waals surface area contributed by atoms with Crippen LogP contribution in [0.3, 0.4) is 0 Å². The zero-order chi connectivity index (χ0) is 11.4. The molecule has 0 radical (unpaired) electrons. The van der Waals surface area contributed by atoms with Crippen molar-refractivity contribution in [2.45, 2.75) is 51.6 Å². The number of rotatable bonds is 3. The van der Waals surface area contributed by atoms with Gasteiger partial charge in [-0.2, -0.15) is 0 Å². The quantitative estimate of drug-likeness (QED) is 0.778. The number of allylic oxidation sites excluding steroid dienone is 1. The third-order valence-corrected chi connectivity index (χ3v) is 4.35. The van der Waals surface area contributed by atoms with E-state index in [1.165, 1.54) is 30.4 Å². The number of aliphatic hydroxyl groups is 1. The maximum Gasteiger partial charge on any atom is 0.109 e. The van der Waals surface area contributed by atoms with Gasteiger partial charge in [-0.15, -0.1) is 11.3 Å². The summed E-state index contributed by atoms with van der Waals surface area (Å²) < 4.78 is 0. The van der Waals surface area contributed by atoms with Crippen molar-refractivity contribution in [2.24, 2.45) is 0 Å². The van der Waals surface area contributed by atoms with E-state index in [1.807, 2.05) is 0 Å². The molecule has 1 aliphatic carbocycles. The molecule has 1 aliphatic rings. The van der Waals surface area contributed by atoms with Gasteiger partial charge in [-0.1, -0.05) is 19.4 Å². The highest BCUT2D eigenvalue weighted by atomic mass is 32.1. The molecule has 1 aromatic rings. The molecule has 0 saturated heterocycles. The largest absolute Gasteiger partial charge is 0.383 e. The van der Waals surface area contributed by atoms with Gasteiger partial charge in [0, 0.05) is 4.88 Å². The van der Waals surface area contributed by atoms with E-state index in [4.69, 9.17) is 0 Å². The molecule has 1 heterocycles. The van der Waals surface area contributed by atoms with E-state index in [0.717, 1.165) is 24.1 Å².